The third-order valence-electron chi connectivity index (χ3n) is 5.13. The van der Waals surface area contributed by atoms with E-state index in [-0.39, 0.29) is 12.0 Å². The number of nitrogens with one attached hydrogen (secondary N) is 1. The Hall–Kier alpha value is -2.93. The average molecular weight is 399 g/mol. The highest BCUT2D eigenvalue weighted by molar-refractivity contribution is 7.91. The summed E-state index contributed by atoms with van der Waals surface area (Å²) in [6.07, 6.45) is 11.4. The summed E-state index contributed by atoms with van der Waals surface area (Å²) in [7, 11) is -3.50. The maximum absolute atomic E-state index is 11.6. The number of hydrogen-bond donors (Lipinski definition) is 1. The molecule has 0 spiro atoms. The van der Waals surface area contributed by atoms with Gasteiger partial charge in [-0.05, 0) is 30.9 Å². The van der Waals surface area contributed by atoms with Crippen LogP contribution in [0.15, 0.2) is 30.7 Å². The average Bonchev–Trinajstić information content (AvgIpc) is 3.37. The van der Waals surface area contributed by atoms with Crippen LogP contribution >= 0.6 is 0 Å². The van der Waals surface area contributed by atoms with Gasteiger partial charge < -0.3 is 0 Å². The highest BCUT2D eigenvalue weighted by atomic mass is 32.2. The quantitative estimate of drug-likeness (QED) is 0.681. The molecule has 28 heavy (non-hydrogen) atoms. The standard InChI is InChI=1S/C18H21N7O2S/c1-28(26,27)23-18-21-17(16-7-4-10-24(16)22-18)14-11-20-25(12-14)15(8-9-19)13-5-2-3-6-13/h4,7,10-13,15H,2-3,5-6,8H2,1H3,(H,22,23). The van der Waals surface area contributed by atoms with Gasteiger partial charge in [0, 0.05) is 18.0 Å². The Morgan fingerprint density at radius 1 is 1.39 bits per heavy atom. The molecule has 0 amide bonds. The third-order valence-corrected chi connectivity index (χ3v) is 5.68. The lowest BCUT2D eigenvalue weighted by atomic mass is 9.96. The maximum atomic E-state index is 11.6. The second-order valence-corrected chi connectivity index (χ2v) is 8.93. The van der Waals surface area contributed by atoms with Crippen molar-refractivity contribution in [3.8, 4) is 17.3 Å². The van der Waals surface area contributed by atoms with Crippen molar-refractivity contribution in [2.24, 2.45) is 5.92 Å². The van der Waals surface area contributed by atoms with Crippen LogP contribution in [0.5, 0.6) is 0 Å². The van der Waals surface area contributed by atoms with Gasteiger partial charge in [-0.1, -0.05) is 12.8 Å². The SMILES string of the molecule is CS(=O)(=O)Nc1nc(-c2cnn(C(CC#N)C3CCCC3)c2)c2cccn2n1. The highest BCUT2D eigenvalue weighted by Gasteiger charge is 2.27. The fourth-order valence-electron chi connectivity index (χ4n) is 3.91. The number of rotatable bonds is 6. The van der Waals surface area contributed by atoms with Crippen LogP contribution in [0.4, 0.5) is 5.95 Å². The maximum Gasteiger partial charge on any atom is 0.255 e. The molecule has 0 saturated heterocycles. The largest absolute Gasteiger partial charge is 0.268 e. The molecule has 3 heterocycles. The Kier molecular flexibility index (Phi) is 4.77. The van der Waals surface area contributed by atoms with Crippen LogP contribution in [0, 0.1) is 17.2 Å². The molecule has 10 heteroatoms. The van der Waals surface area contributed by atoms with E-state index in [4.69, 9.17) is 0 Å². The Bertz CT molecular complexity index is 1140. The first-order valence-electron chi connectivity index (χ1n) is 9.19. The summed E-state index contributed by atoms with van der Waals surface area (Å²) in [4.78, 5) is 4.40. The monoisotopic (exact) mass is 399 g/mol. The molecular weight excluding hydrogens is 378 g/mol. The van der Waals surface area contributed by atoms with Gasteiger partial charge in [0.25, 0.3) is 5.95 Å². The zero-order chi connectivity index (χ0) is 19.7. The minimum Gasteiger partial charge on any atom is -0.268 e. The zero-order valence-electron chi connectivity index (χ0n) is 15.5. The molecule has 1 unspecified atom stereocenters. The Labute approximate surface area is 163 Å². The van der Waals surface area contributed by atoms with Crippen LogP contribution in [0.2, 0.25) is 0 Å². The predicted octanol–water partition coefficient (Wildman–Crippen LogP) is 2.61. The summed E-state index contributed by atoms with van der Waals surface area (Å²) < 4.78 is 28.9. The number of aromatic nitrogens is 5. The number of sulfonamides is 1. The second kappa shape index (κ2) is 7.24. The van der Waals surface area contributed by atoms with Gasteiger partial charge in [-0.2, -0.15) is 10.4 Å². The van der Waals surface area contributed by atoms with Gasteiger partial charge in [0.2, 0.25) is 10.0 Å². The van der Waals surface area contributed by atoms with Gasteiger partial charge in [-0.15, -0.1) is 5.10 Å². The van der Waals surface area contributed by atoms with E-state index in [1.54, 1.807) is 16.9 Å². The lowest BCUT2D eigenvalue weighted by Gasteiger charge is -2.21. The molecule has 3 aromatic heterocycles. The summed E-state index contributed by atoms with van der Waals surface area (Å²) in [5, 5.41) is 18.0. The van der Waals surface area contributed by atoms with Gasteiger partial charge in [0.1, 0.15) is 5.69 Å². The van der Waals surface area contributed by atoms with Gasteiger partial charge in [0.05, 0.1) is 36.5 Å². The Morgan fingerprint density at radius 2 is 2.18 bits per heavy atom. The van der Waals surface area contributed by atoms with Gasteiger partial charge >= 0.3 is 0 Å². The summed E-state index contributed by atoms with van der Waals surface area (Å²) in [6, 6.07) is 6.01. The first kappa shape index (κ1) is 18.4. The van der Waals surface area contributed by atoms with Crippen molar-refractivity contribution in [2.45, 2.75) is 38.1 Å². The van der Waals surface area contributed by atoms with Crippen LogP contribution < -0.4 is 4.72 Å². The smallest absolute Gasteiger partial charge is 0.255 e. The second-order valence-electron chi connectivity index (χ2n) is 7.18. The van der Waals surface area contributed by atoms with Gasteiger partial charge in [-0.25, -0.2) is 17.9 Å². The molecule has 146 valence electrons. The van der Waals surface area contributed by atoms with Crippen molar-refractivity contribution in [1.82, 2.24) is 24.4 Å². The lowest BCUT2D eigenvalue weighted by Crippen LogP contribution is -2.17. The van der Waals surface area contributed by atoms with E-state index in [1.807, 2.05) is 23.0 Å². The molecule has 1 aliphatic rings. The van der Waals surface area contributed by atoms with Crippen LogP contribution in [0.3, 0.4) is 0 Å². The van der Waals surface area contributed by atoms with Crippen LogP contribution in [-0.2, 0) is 10.0 Å². The molecule has 1 atom stereocenters. The molecule has 4 rings (SSSR count). The molecule has 0 radical (unpaired) electrons. The first-order valence-corrected chi connectivity index (χ1v) is 11.1. The fraction of sp³-hybridized carbons (Fsp3) is 0.444. The predicted molar refractivity (Wildman–Crippen MR) is 104 cm³/mol. The molecular formula is C18H21N7O2S. The molecule has 1 fully saturated rings. The molecule has 3 aromatic rings. The van der Waals surface area contributed by atoms with Gasteiger partial charge in [-0.3, -0.25) is 9.40 Å². The zero-order valence-corrected chi connectivity index (χ0v) is 16.3. The molecule has 9 nitrogen and oxygen atoms in total. The number of anilines is 1. The van der Waals surface area contributed by atoms with Crippen molar-refractivity contribution in [3.63, 3.8) is 0 Å². The summed E-state index contributed by atoms with van der Waals surface area (Å²) in [5.41, 5.74) is 2.08. The van der Waals surface area contributed by atoms with E-state index >= 15 is 0 Å². The van der Waals surface area contributed by atoms with Gasteiger partial charge in [0.15, 0.2) is 0 Å². The van der Waals surface area contributed by atoms with E-state index < -0.39 is 10.0 Å². The molecule has 0 aliphatic heterocycles. The molecule has 1 saturated carbocycles. The van der Waals surface area contributed by atoms with Crippen molar-refractivity contribution in [3.05, 3.63) is 30.7 Å². The van der Waals surface area contributed by atoms with Crippen LogP contribution in [0.1, 0.15) is 38.1 Å². The minimum absolute atomic E-state index is 0.00156. The fourth-order valence-corrected chi connectivity index (χ4v) is 4.33. The minimum atomic E-state index is -3.50. The van der Waals surface area contributed by atoms with Crippen LogP contribution in [0.25, 0.3) is 16.8 Å². The Morgan fingerprint density at radius 3 is 2.89 bits per heavy atom. The normalized spacial score (nSPS) is 16.3. The highest BCUT2D eigenvalue weighted by Crippen LogP contribution is 2.36. The van der Waals surface area contributed by atoms with Crippen molar-refractivity contribution >= 4 is 21.5 Å². The summed E-state index contributed by atoms with van der Waals surface area (Å²) in [5.74, 6) is 0.451. The van der Waals surface area contributed by atoms with E-state index in [9.17, 15) is 13.7 Å². The molecule has 1 N–H and O–H groups in total. The van der Waals surface area contributed by atoms with E-state index in [1.165, 1.54) is 12.8 Å². The number of nitrogens with zero attached hydrogens (tertiary/aromatic N) is 6. The van der Waals surface area contributed by atoms with Crippen molar-refractivity contribution in [2.75, 3.05) is 11.0 Å². The molecule has 0 aromatic carbocycles. The molecule has 0 bridgehead atoms. The third kappa shape index (κ3) is 3.71. The summed E-state index contributed by atoms with van der Waals surface area (Å²) >= 11 is 0. The number of nitriles is 1. The molecule has 1 aliphatic carbocycles. The lowest BCUT2D eigenvalue weighted by molar-refractivity contribution is 0.315. The summed E-state index contributed by atoms with van der Waals surface area (Å²) in [6.45, 7) is 0. The van der Waals surface area contributed by atoms with Crippen molar-refractivity contribution in [1.29, 1.82) is 5.26 Å². The van der Waals surface area contributed by atoms with Crippen molar-refractivity contribution < 1.29 is 8.42 Å². The van der Waals surface area contributed by atoms with Crippen LogP contribution in [-0.4, -0.2) is 39.1 Å². The topological polar surface area (TPSA) is 118 Å². The first-order chi connectivity index (χ1) is 13.4. The number of fused-ring (bicyclic) bond motifs is 1. The van der Waals surface area contributed by atoms with E-state index in [0.717, 1.165) is 30.2 Å². The Balaban J connectivity index is 1.74. The number of hydrogen-bond acceptors (Lipinski definition) is 6. The van der Waals surface area contributed by atoms with E-state index in [0.29, 0.717) is 18.0 Å². The van der Waals surface area contributed by atoms with E-state index in [2.05, 4.69) is 26.0 Å².